The average molecular weight is 290 g/mol. The zero-order valence-corrected chi connectivity index (χ0v) is 13.8. The molecule has 1 aliphatic carbocycles. The Labute approximate surface area is 128 Å². The van der Waals surface area contributed by atoms with Crippen molar-refractivity contribution in [1.82, 2.24) is 20.0 Å². The van der Waals surface area contributed by atoms with Crippen LogP contribution in [-0.2, 0) is 13.5 Å². The lowest BCUT2D eigenvalue weighted by atomic mass is 9.90. The van der Waals surface area contributed by atoms with Gasteiger partial charge in [-0.25, -0.2) is 0 Å². The molecule has 1 aromatic heterocycles. The maximum atomic E-state index is 4.29. The third-order valence-corrected chi connectivity index (χ3v) is 5.47. The van der Waals surface area contributed by atoms with Crippen molar-refractivity contribution in [3.05, 3.63) is 18.0 Å². The first-order chi connectivity index (χ1) is 10.1. The second kappa shape index (κ2) is 6.09. The first-order valence-electron chi connectivity index (χ1n) is 8.58. The monoisotopic (exact) mass is 290 g/mol. The van der Waals surface area contributed by atoms with E-state index in [-0.39, 0.29) is 0 Å². The number of nitrogens with zero attached hydrogens (tertiary/aromatic N) is 3. The molecule has 0 spiro atoms. The van der Waals surface area contributed by atoms with Crippen LogP contribution in [0, 0.1) is 5.92 Å². The third kappa shape index (κ3) is 3.32. The maximum Gasteiger partial charge on any atom is 0.0492 e. The van der Waals surface area contributed by atoms with Crippen LogP contribution in [0.3, 0.4) is 0 Å². The molecule has 118 valence electrons. The molecule has 2 atom stereocenters. The Morgan fingerprint density at radius 3 is 2.86 bits per heavy atom. The second-order valence-corrected chi connectivity index (χ2v) is 7.18. The second-order valence-electron chi connectivity index (χ2n) is 7.18. The Bertz CT molecular complexity index is 465. The van der Waals surface area contributed by atoms with Crippen LogP contribution in [0.4, 0.5) is 0 Å². The molecular weight excluding hydrogens is 260 g/mol. The Morgan fingerprint density at radius 2 is 2.24 bits per heavy atom. The smallest absolute Gasteiger partial charge is 0.0492 e. The zero-order valence-electron chi connectivity index (χ0n) is 13.8. The fourth-order valence-electron chi connectivity index (χ4n) is 3.87. The van der Waals surface area contributed by atoms with E-state index in [2.05, 4.69) is 35.2 Å². The van der Waals surface area contributed by atoms with Gasteiger partial charge < -0.3 is 5.32 Å². The quantitative estimate of drug-likeness (QED) is 0.872. The minimum Gasteiger partial charge on any atom is -0.308 e. The minimum atomic E-state index is 0.344. The van der Waals surface area contributed by atoms with Gasteiger partial charge >= 0.3 is 0 Å². The molecule has 0 aromatic carbocycles. The van der Waals surface area contributed by atoms with Crippen molar-refractivity contribution in [1.29, 1.82) is 0 Å². The summed E-state index contributed by atoms with van der Waals surface area (Å²) in [6, 6.07) is 2.85. The van der Waals surface area contributed by atoms with Gasteiger partial charge in [-0.15, -0.1) is 0 Å². The van der Waals surface area contributed by atoms with Crippen LogP contribution in [0.25, 0.3) is 0 Å². The lowest BCUT2D eigenvalue weighted by Gasteiger charge is -2.47. The molecule has 0 amide bonds. The summed E-state index contributed by atoms with van der Waals surface area (Å²) in [6.07, 6.45) is 8.42. The molecule has 0 radical (unpaired) electrons. The number of hydrogen-bond acceptors (Lipinski definition) is 3. The summed E-state index contributed by atoms with van der Waals surface area (Å²) in [5, 5.41) is 8.16. The molecule has 2 aliphatic rings. The van der Waals surface area contributed by atoms with Gasteiger partial charge in [-0.3, -0.25) is 9.58 Å². The van der Waals surface area contributed by atoms with Crippen LogP contribution < -0.4 is 5.32 Å². The molecule has 1 aromatic rings. The highest BCUT2D eigenvalue weighted by molar-refractivity contribution is 5.05. The third-order valence-electron chi connectivity index (χ3n) is 5.47. The van der Waals surface area contributed by atoms with Crippen molar-refractivity contribution < 1.29 is 0 Å². The van der Waals surface area contributed by atoms with Crippen LogP contribution in [-0.4, -0.2) is 45.9 Å². The highest BCUT2D eigenvalue weighted by atomic mass is 15.3. The summed E-state index contributed by atoms with van der Waals surface area (Å²) < 4.78 is 2.01. The lowest BCUT2D eigenvalue weighted by Crippen LogP contribution is -2.64. The standard InChI is InChI=1S/C17H30N4/c1-4-5-16-12-18-17(2,14-6-7-14)13-21(16)11-9-15-8-10-19-20(15)3/h8,10,14,16,18H,4-7,9,11-13H2,1-3H3. The minimum absolute atomic E-state index is 0.344. The topological polar surface area (TPSA) is 33.1 Å². The number of nitrogens with one attached hydrogen (secondary N) is 1. The summed E-state index contributed by atoms with van der Waals surface area (Å²) in [6.45, 7) is 8.26. The van der Waals surface area contributed by atoms with E-state index in [1.807, 2.05) is 17.9 Å². The van der Waals surface area contributed by atoms with E-state index in [9.17, 15) is 0 Å². The summed E-state index contributed by atoms with van der Waals surface area (Å²) in [4.78, 5) is 2.74. The normalized spacial score (nSPS) is 30.7. The van der Waals surface area contributed by atoms with E-state index in [0.29, 0.717) is 11.6 Å². The van der Waals surface area contributed by atoms with Gasteiger partial charge in [-0.1, -0.05) is 13.3 Å². The van der Waals surface area contributed by atoms with Gasteiger partial charge in [0.15, 0.2) is 0 Å². The maximum absolute atomic E-state index is 4.29. The number of piperazine rings is 1. The molecule has 4 heteroatoms. The van der Waals surface area contributed by atoms with Crippen LogP contribution in [0.1, 0.15) is 45.2 Å². The van der Waals surface area contributed by atoms with Crippen molar-refractivity contribution >= 4 is 0 Å². The van der Waals surface area contributed by atoms with Crippen LogP contribution in [0.5, 0.6) is 0 Å². The van der Waals surface area contributed by atoms with Crippen molar-refractivity contribution in [2.75, 3.05) is 19.6 Å². The molecule has 1 saturated heterocycles. The SMILES string of the molecule is CCCC1CNC(C)(C2CC2)CN1CCc1ccnn1C. The first-order valence-corrected chi connectivity index (χ1v) is 8.58. The van der Waals surface area contributed by atoms with Crippen LogP contribution >= 0.6 is 0 Å². The summed E-state index contributed by atoms with van der Waals surface area (Å²) >= 11 is 0. The predicted octanol–water partition coefficient (Wildman–Crippen LogP) is 2.21. The van der Waals surface area contributed by atoms with Gasteiger partial charge in [0.05, 0.1) is 0 Å². The molecular formula is C17H30N4. The van der Waals surface area contributed by atoms with E-state index in [1.165, 1.54) is 37.9 Å². The van der Waals surface area contributed by atoms with E-state index in [4.69, 9.17) is 0 Å². The Hall–Kier alpha value is -0.870. The molecule has 2 fully saturated rings. The first kappa shape index (κ1) is 15.0. The van der Waals surface area contributed by atoms with Crippen molar-refractivity contribution in [2.45, 2.75) is 57.5 Å². The molecule has 2 heterocycles. The largest absolute Gasteiger partial charge is 0.308 e. The van der Waals surface area contributed by atoms with E-state index in [0.717, 1.165) is 25.4 Å². The molecule has 2 unspecified atom stereocenters. The van der Waals surface area contributed by atoms with Gasteiger partial charge in [-0.2, -0.15) is 5.10 Å². The fourth-order valence-corrected chi connectivity index (χ4v) is 3.87. The van der Waals surface area contributed by atoms with E-state index in [1.54, 1.807) is 0 Å². The number of rotatable bonds is 6. The van der Waals surface area contributed by atoms with Crippen LogP contribution in [0.15, 0.2) is 12.3 Å². The molecule has 21 heavy (non-hydrogen) atoms. The molecule has 1 aliphatic heterocycles. The number of aryl methyl sites for hydroxylation is 1. The summed E-state index contributed by atoms with van der Waals surface area (Å²) in [5.74, 6) is 0.902. The predicted molar refractivity (Wildman–Crippen MR) is 86.3 cm³/mol. The Morgan fingerprint density at radius 1 is 1.43 bits per heavy atom. The molecule has 3 rings (SSSR count). The lowest BCUT2D eigenvalue weighted by molar-refractivity contribution is 0.0708. The van der Waals surface area contributed by atoms with E-state index >= 15 is 0 Å². The fraction of sp³-hybridized carbons (Fsp3) is 0.824. The van der Waals surface area contributed by atoms with Crippen molar-refractivity contribution in [2.24, 2.45) is 13.0 Å². The highest BCUT2D eigenvalue weighted by Gasteiger charge is 2.45. The number of aromatic nitrogens is 2. The highest BCUT2D eigenvalue weighted by Crippen LogP contribution is 2.41. The van der Waals surface area contributed by atoms with Crippen molar-refractivity contribution in [3.63, 3.8) is 0 Å². The van der Waals surface area contributed by atoms with Gasteiger partial charge in [0.1, 0.15) is 0 Å². The average Bonchev–Trinajstić information content (AvgIpc) is 3.24. The van der Waals surface area contributed by atoms with Gasteiger partial charge in [0.25, 0.3) is 0 Å². The molecule has 1 saturated carbocycles. The Balaban J connectivity index is 1.64. The van der Waals surface area contributed by atoms with E-state index < -0.39 is 0 Å². The summed E-state index contributed by atoms with van der Waals surface area (Å²) in [5.41, 5.74) is 1.69. The molecule has 0 bridgehead atoms. The Kier molecular flexibility index (Phi) is 4.36. The summed E-state index contributed by atoms with van der Waals surface area (Å²) in [7, 11) is 2.05. The van der Waals surface area contributed by atoms with Gasteiger partial charge in [-0.05, 0) is 38.2 Å². The van der Waals surface area contributed by atoms with Gasteiger partial charge in [0.2, 0.25) is 0 Å². The molecule has 1 N–H and O–H groups in total. The van der Waals surface area contributed by atoms with Crippen LogP contribution in [0.2, 0.25) is 0 Å². The number of hydrogen-bond donors (Lipinski definition) is 1. The molecule has 4 nitrogen and oxygen atoms in total. The van der Waals surface area contributed by atoms with Crippen molar-refractivity contribution in [3.8, 4) is 0 Å². The van der Waals surface area contributed by atoms with Gasteiger partial charge in [0, 0.05) is 56.6 Å². The zero-order chi connectivity index (χ0) is 14.9.